The van der Waals surface area contributed by atoms with Crippen LogP contribution in [0.3, 0.4) is 0 Å². The van der Waals surface area contributed by atoms with Gasteiger partial charge >= 0.3 is 0 Å². The number of hydrogen-bond acceptors (Lipinski definition) is 5. The second kappa shape index (κ2) is 8.41. The molecule has 2 aromatic rings. The molecule has 2 heterocycles. The minimum absolute atomic E-state index is 0.124. The third-order valence-electron chi connectivity index (χ3n) is 5.13. The number of carbonyl (C=O) groups is 3. The fraction of sp³-hybridized carbons (Fsp3) is 0.350. The van der Waals surface area contributed by atoms with Crippen LogP contribution >= 0.6 is 0 Å². The van der Waals surface area contributed by atoms with Crippen molar-refractivity contribution < 1.29 is 22.8 Å². The van der Waals surface area contributed by atoms with Gasteiger partial charge in [-0.1, -0.05) is 0 Å². The number of nitrogens with zero attached hydrogens (tertiary/aromatic N) is 1. The number of ketones is 1. The number of carbonyl (C=O) groups excluding carboxylic acids is 3. The Balaban J connectivity index is 1.66. The highest BCUT2D eigenvalue weighted by atomic mass is 32.2. The number of Topliss-reactive ketones (excluding diaryl/α,β-unsaturated/α-hetero) is 1. The first kappa shape index (κ1) is 21.7. The molecule has 9 nitrogen and oxygen atoms in total. The van der Waals surface area contributed by atoms with Crippen LogP contribution < -0.4 is 10.9 Å². The number of hydrogen-bond donors (Lipinski definition) is 3. The van der Waals surface area contributed by atoms with Gasteiger partial charge in [-0.2, -0.15) is 4.31 Å². The molecule has 160 valence electrons. The van der Waals surface area contributed by atoms with Gasteiger partial charge in [0.2, 0.25) is 10.0 Å². The Morgan fingerprint density at radius 3 is 2.07 bits per heavy atom. The molecule has 0 spiro atoms. The summed E-state index contributed by atoms with van der Waals surface area (Å²) in [6, 6.07) is 5.54. The second-order valence-corrected chi connectivity index (χ2v) is 9.16. The highest BCUT2D eigenvalue weighted by Crippen LogP contribution is 2.21. The predicted octanol–water partition coefficient (Wildman–Crippen LogP) is 1.69. The number of sulfonamides is 1. The SMILES string of the molecule is CC(=O)c1c(C)[nH]c(C(=O)NNC(=O)c2ccc(S(=O)(=O)N3CCCC3)cc2)c1C. The Labute approximate surface area is 174 Å². The van der Waals surface area contributed by atoms with Crippen molar-refractivity contribution in [3.05, 3.63) is 52.3 Å². The molecule has 1 aromatic heterocycles. The maximum atomic E-state index is 12.5. The number of aromatic nitrogens is 1. The van der Waals surface area contributed by atoms with Crippen LogP contribution in [0.2, 0.25) is 0 Å². The van der Waals surface area contributed by atoms with Crippen LogP contribution in [0.5, 0.6) is 0 Å². The van der Waals surface area contributed by atoms with Gasteiger partial charge in [0.05, 0.1) is 4.90 Å². The summed E-state index contributed by atoms with van der Waals surface area (Å²) in [5, 5.41) is 0. The van der Waals surface area contributed by atoms with Gasteiger partial charge in [-0.25, -0.2) is 8.42 Å². The first-order valence-corrected chi connectivity index (χ1v) is 11.0. The molecule has 30 heavy (non-hydrogen) atoms. The first-order valence-electron chi connectivity index (χ1n) is 9.54. The van der Waals surface area contributed by atoms with E-state index in [4.69, 9.17) is 0 Å². The molecule has 1 aromatic carbocycles. The molecule has 1 aliphatic rings. The summed E-state index contributed by atoms with van der Waals surface area (Å²) in [7, 11) is -3.56. The summed E-state index contributed by atoms with van der Waals surface area (Å²) in [5.74, 6) is -1.35. The summed E-state index contributed by atoms with van der Waals surface area (Å²) in [4.78, 5) is 39.3. The zero-order valence-electron chi connectivity index (χ0n) is 17.0. The van der Waals surface area contributed by atoms with E-state index in [0.717, 1.165) is 12.8 Å². The van der Waals surface area contributed by atoms with Gasteiger partial charge in [0.1, 0.15) is 5.69 Å². The summed E-state index contributed by atoms with van der Waals surface area (Å²) < 4.78 is 26.5. The number of amides is 2. The topological polar surface area (TPSA) is 128 Å². The second-order valence-electron chi connectivity index (χ2n) is 7.23. The molecule has 0 atom stereocenters. The average molecular weight is 433 g/mol. The molecule has 0 radical (unpaired) electrons. The third kappa shape index (κ3) is 4.14. The fourth-order valence-electron chi connectivity index (χ4n) is 3.61. The molecule has 0 bridgehead atoms. The van der Waals surface area contributed by atoms with Gasteiger partial charge in [-0.15, -0.1) is 0 Å². The van der Waals surface area contributed by atoms with E-state index in [-0.39, 0.29) is 21.9 Å². The lowest BCUT2D eigenvalue weighted by molar-refractivity contribution is 0.0843. The van der Waals surface area contributed by atoms with E-state index in [2.05, 4.69) is 15.8 Å². The lowest BCUT2D eigenvalue weighted by Crippen LogP contribution is -2.42. The van der Waals surface area contributed by atoms with Crippen molar-refractivity contribution >= 4 is 27.6 Å². The summed E-state index contributed by atoms with van der Waals surface area (Å²) in [6.45, 7) is 5.76. The molecule has 2 amide bonds. The lowest BCUT2D eigenvalue weighted by Gasteiger charge is -2.15. The van der Waals surface area contributed by atoms with Crippen LogP contribution in [0, 0.1) is 13.8 Å². The van der Waals surface area contributed by atoms with Crippen LogP contribution in [0.25, 0.3) is 0 Å². The lowest BCUT2D eigenvalue weighted by atomic mass is 10.1. The van der Waals surface area contributed by atoms with Crippen LogP contribution in [-0.4, -0.2) is 48.4 Å². The Bertz CT molecular complexity index is 1100. The summed E-state index contributed by atoms with van der Waals surface area (Å²) in [6.07, 6.45) is 1.68. The fourth-order valence-corrected chi connectivity index (χ4v) is 5.13. The maximum Gasteiger partial charge on any atom is 0.286 e. The van der Waals surface area contributed by atoms with E-state index in [1.54, 1.807) is 13.8 Å². The third-order valence-corrected chi connectivity index (χ3v) is 7.04. The number of nitrogens with one attached hydrogen (secondary N) is 3. The highest BCUT2D eigenvalue weighted by molar-refractivity contribution is 7.89. The van der Waals surface area contributed by atoms with Crippen LogP contribution in [-0.2, 0) is 10.0 Å². The molecule has 1 fully saturated rings. The molecule has 0 unspecified atom stereocenters. The van der Waals surface area contributed by atoms with Crippen molar-refractivity contribution in [1.82, 2.24) is 20.1 Å². The van der Waals surface area contributed by atoms with Gasteiger partial charge in [0.15, 0.2) is 5.78 Å². The molecule has 0 saturated carbocycles. The van der Waals surface area contributed by atoms with Crippen molar-refractivity contribution in [2.75, 3.05) is 13.1 Å². The summed E-state index contributed by atoms with van der Waals surface area (Å²) >= 11 is 0. The van der Waals surface area contributed by atoms with E-state index in [1.807, 2.05) is 0 Å². The van der Waals surface area contributed by atoms with E-state index in [0.29, 0.717) is 29.9 Å². The number of aryl methyl sites for hydroxylation is 1. The Kier molecular flexibility index (Phi) is 6.09. The molecule has 0 aliphatic carbocycles. The highest BCUT2D eigenvalue weighted by Gasteiger charge is 2.27. The van der Waals surface area contributed by atoms with Crippen molar-refractivity contribution in [1.29, 1.82) is 0 Å². The standard InChI is InChI=1S/C20H24N4O5S/c1-12-17(14(3)25)13(2)21-18(12)20(27)23-22-19(26)15-6-8-16(9-7-15)30(28,29)24-10-4-5-11-24/h6-9,21H,4-5,10-11H2,1-3H3,(H,22,26)(H,23,27). The Morgan fingerprint density at radius 1 is 0.967 bits per heavy atom. The van der Waals surface area contributed by atoms with Crippen molar-refractivity contribution in [3.8, 4) is 0 Å². The van der Waals surface area contributed by atoms with Gasteiger partial charge in [0.25, 0.3) is 11.8 Å². The van der Waals surface area contributed by atoms with Gasteiger partial charge in [-0.05, 0) is 63.4 Å². The average Bonchev–Trinajstić information content (AvgIpc) is 3.34. The largest absolute Gasteiger partial charge is 0.354 e. The molecule has 3 N–H and O–H groups in total. The molecule has 1 saturated heterocycles. The van der Waals surface area contributed by atoms with Crippen LogP contribution in [0.1, 0.15) is 62.2 Å². The normalized spacial score (nSPS) is 14.5. The smallest absolute Gasteiger partial charge is 0.286 e. The Hall–Kier alpha value is -2.98. The van der Waals surface area contributed by atoms with Crippen molar-refractivity contribution in [3.63, 3.8) is 0 Å². The minimum atomic E-state index is -3.56. The minimum Gasteiger partial charge on any atom is -0.354 e. The van der Waals surface area contributed by atoms with Gasteiger partial charge in [0, 0.05) is 29.9 Å². The van der Waals surface area contributed by atoms with Crippen LogP contribution in [0.15, 0.2) is 29.2 Å². The maximum absolute atomic E-state index is 12.5. The van der Waals surface area contributed by atoms with Gasteiger partial charge in [-0.3, -0.25) is 25.2 Å². The van der Waals surface area contributed by atoms with E-state index >= 15 is 0 Å². The zero-order valence-corrected chi connectivity index (χ0v) is 17.9. The van der Waals surface area contributed by atoms with E-state index in [9.17, 15) is 22.8 Å². The molecular formula is C20H24N4O5S. The number of aromatic amines is 1. The number of H-pyrrole nitrogens is 1. The van der Waals surface area contributed by atoms with E-state index < -0.39 is 21.8 Å². The molecular weight excluding hydrogens is 408 g/mol. The molecule has 3 rings (SSSR count). The summed E-state index contributed by atoms with van der Waals surface area (Å²) in [5.41, 5.74) is 6.50. The Morgan fingerprint density at radius 2 is 1.53 bits per heavy atom. The zero-order chi connectivity index (χ0) is 22.1. The number of benzene rings is 1. The van der Waals surface area contributed by atoms with Crippen molar-refractivity contribution in [2.24, 2.45) is 0 Å². The number of rotatable bonds is 5. The monoisotopic (exact) mass is 432 g/mol. The van der Waals surface area contributed by atoms with E-state index in [1.165, 1.54) is 35.5 Å². The molecule has 10 heteroatoms. The van der Waals surface area contributed by atoms with Gasteiger partial charge < -0.3 is 4.98 Å². The quantitative estimate of drug-likeness (QED) is 0.489. The van der Waals surface area contributed by atoms with Crippen LogP contribution in [0.4, 0.5) is 0 Å². The number of hydrazine groups is 1. The predicted molar refractivity (Wildman–Crippen MR) is 110 cm³/mol. The first-order chi connectivity index (χ1) is 14.1. The van der Waals surface area contributed by atoms with Crippen molar-refractivity contribution in [2.45, 2.75) is 38.5 Å². The molecule has 1 aliphatic heterocycles.